The Bertz CT molecular complexity index is 829. The predicted octanol–water partition coefficient (Wildman–Crippen LogP) is 3.73. The van der Waals surface area contributed by atoms with Crippen LogP contribution in [0.2, 0.25) is 0 Å². The van der Waals surface area contributed by atoms with E-state index in [1.54, 1.807) is 0 Å². The Balaban J connectivity index is 1.56. The number of piperidine rings is 1. The van der Waals surface area contributed by atoms with Gasteiger partial charge in [0.1, 0.15) is 0 Å². The van der Waals surface area contributed by atoms with Crippen molar-refractivity contribution in [1.29, 1.82) is 0 Å². The van der Waals surface area contributed by atoms with Crippen molar-refractivity contribution in [3.63, 3.8) is 0 Å². The first-order chi connectivity index (χ1) is 12.5. The van der Waals surface area contributed by atoms with Gasteiger partial charge in [-0.05, 0) is 52.0 Å². The Morgan fingerprint density at radius 1 is 1.27 bits per heavy atom. The molecule has 3 heterocycles. The van der Waals surface area contributed by atoms with Crippen LogP contribution in [0.4, 0.5) is 0 Å². The van der Waals surface area contributed by atoms with Gasteiger partial charge in [0.05, 0.1) is 5.75 Å². The van der Waals surface area contributed by atoms with Gasteiger partial charge in [0.25, 0.3) is 0 Å². The molecule has 0 radical (unpaired) electrons. The molecular weight excluding hydrogens is 344 g/mol. The van der Waals surface area contributed by atoms with Gasteiger partial charge >= 0.3 is 0 Å². The van der Waals surface area contributed by atoms with E-state index < -0.39 is 0 Å². The molecule has 26 heavy (non-hydrogen) atoms. The summed E-state index contributed by atoms with van der Waals surface area (Å²) < 4.78 is 2.22. The Labute approximate surface area is 159 Å². The topological polar surface area (TPSA) is 51.0 Å². The molecule has 1 aromatic carbocycles. The van der Waals surface area contributed by atoms with E-state index in [9.17, 15) is 4.79 Å². The average molecular weight is 371 g/mol. The van der Waals surface area contributed by atoms with Gasteiger partial charge in [0.15, 0.2) is 11.0 Å². The van der Waals surface area contributed by atoms with Crippen molar-refractivity contribution in [2.24, 2.45) is 0 Å². The highest BCUT2D eigenvalue weighted by atomic mass is 32.2. The van der Waals surface area contributed by atoms with Gasteiger partial charge in [-0.2, -0.15) is 0 Å². The number of carbonyl (C=O) groups excluding carboxylic acids is 1. The monoisotopic (exact) mass is 370 g/mol. The number of aromatic nitrogens is 3. The van der Waals surface area contributed by atoms with Crippen LogP contribution in [0.3, 0.4) is 0 Å². The lowest BCUT2D eigenvalue weighted by Gasteiger charge is -2.35. The first-order valence-corrected chi connectivity index (χ1v) is 10.4. The molecule has 4 rings (SSSR count). The number of fused-ring (bicyclic) bond motifs is 3. The van der Waals surface area contributed by atoms with Crippen LogP contribution in [0.5, 0.6) is 0 Å². The zero-order chi connectivity index (χ0) is 18.3. The van der Waals surface area contributed by atoms with Crippen molar-refractivity contribution in [2.45, 2.75) is 63.2 Å². The second kappa shape index (κ2) is 6.72. The first-order valence-electron chi connectivity index (χ1n) is 9.44. The number of thioether (sulfide) groups is 1. The van der Waals surface area contributed by atoms with Crippen LogP contribution < -0.4 is 0 Å². The largest absolute Gasteiger partial charge is 0.339 e. The SMILES string of the molecule is C[C@H]1CCCCN1C(=O)CSc1nnc2n1C(C)(C)Cc1ccccc1-2. The van der Waals surface area contributed by atoms with Gasteiger partial charge in [-0.3, -0.25) is 9.36 Å². The summed E-state index contributed by atoms with van der Waals surface area (Å²) in [5, 5.41) is 9.74. The third-order valence-electron chi connectivity index (χ3n) is 5.57. The van der Waals surface area contributed by atoms with Crippen molar-refractivity contribution >= 4 is 17.7 Å². The van der Waals surface area contributed by atoms with Gasteiger partial charge in [0, 0.05) is 23.7 Å². The summed E-state index contributed by atoms with van der Waals surface area (Å²) >= 11 is 1.52. The third-order valence-corrected chi connectivity index (χ3v) is 6.48. The standard InChI is InChI=1S/C20H26N4OS/c1-14-8-6-7-11-23(14)17(25)13-26-19-22-21-18-16-10-5-4-9-15(16)12-20(2,3)24(18)19/h4-5,9-10,14H,6-8,11-13H2,1-3H3/t14-/m0/s1. The molecule has 1 fully saturated rings. The molecule has 2 aliphatic rings. The maximum atomic E-state index is 12.7. The van der Waals surface area contributed by atoms with Gasteiger partial charge < -0.3 is 4.90 Å². The van der Waals surface area contributed by atoms with Crippen molar-refractivity contribution < 1.29 is 4.79 Å². The number of carbonyl (C=O) groups is 1. The van der Waals surface area contributed by atoms with Crippen molar-refractivity contribution in [3.05, 3.63) is 29.8 Å². The summed E-state index contributed by atoms with van der Waals surface area (Å²) in [5.41, 5.74) is 2.37. The molecule has 0 unspecified atom stereocenters. The van der Waals surface area contributed by atoms with Crippen LogP contribution in [0, 0.1) is 0 Å². The minimum absolute atomic E-state index is 0.100. The second-order valence-corrected chi connectivity index (χ2v) is 8.95. The lowest BCUT2D eigenvalue weighted by atomic mass is 9.87. The molecule has 0 aliphatic carbocycles. The average Bonchev–Trinajstić information content (AvgIpc) is 3.05. The lowest BCUT2D eigenvalue weighted by Crippen LogP contribution is -2.43. The number of hydrogen-bond donors (Lipinski definition) is 0. The van der Waals surface area contributed by atoms with E-state index in [0.717, 1.165) is 42.4 Å². The van der Waals surface area contributed by atoms with Crippen molar-refractivity contribution in [3.8, 4) is 11.4 Å². The van der Waals surface area contributed by atoms with Crippen LogP contribution in [0.25, 0.3) is 11.4 Å². The van der Waals surface area contributed by atoms with Crippen LogP contribution in [0.1, 0.15) is 45.6 Å². The molecule has 138 valence electrons. The van der Waals surface area contributed by atoms with E-state index in [2.05, 4.69) is 53.7 Å². The molecule has 1 saturated heterocycles. The van der Waals surface area contributed by atoms with Crippen molar-refractivity contribution in [1.82, 2.24) is 19.7 Å². The van der Waals surface area contributed by atoms with Crippen molar-refractivity contribution in [2.75, 3.05) is 12.3 Å². The molecule has 2 aliphatic heterocycles. The van der Waals surface area contributed by atoms with E-state index in [0.29, 0.717) is 11.8 Å². The summed E-state index contributed by atoms with van der Waals surface area (Å²) in [6.07, 6.45) is 4.40. The normalized spacial score (nSPS) is 21.2. The van der Waals surface area contributed by atoms with Gasteiger partial charge in [-0.15, -0.1) is 10.2 Å². The predicted molar refractivity (Wildman–Crippen MR) is 104 cm³/mol. The highest BCUT2D eigenvalue weighted by Crippen LogP contribution is 2.39. The highest BCUT2D eigenvalue weighted by molar-refractivity contribution is 7.99. The molecule has 1 atom stereocenters. The number of hydrogen-bond acceptors (Lipinski definition) is 4. The molecule has 0 saturated carbocycles. The number of nitrogens with zero attached hydrogens (tertiary/aromatic N) is 4. The zero-order valence-electron chi connectivity index (χ0n) is 15.7. The van der Waals surface area contributed by atoms with E-state index in [1.165, 1.54) is 23.7 Å². The van der Waals surface area contributed by atoms with Crippen LogP contribution in [-0.4, -0.2) is 43.9 Å². The van der Waals surface area contributed by atoms with E-state index in [-0.39, 0.29) is 11.4 Å². The molecule has 2 aromatic rings. The summed E-state index contributed by atoms with van der Waals surface area (Å²) in [4.78, 5) is 14.7. The molecule has 0 N–H and O–H groups in total. The van der Waals surface area contributed by atoms with E-state index in [1.807, 2.05) is 11.0 Å². The Hall–Kier alpha value is -1.82. The molecule has 5 nitrogen and oxygen atoms in total. The molecule has 0 spiro atoms. The minimum atomic E-state index is -0.100. The van der Waals surface area contributed by atoms with Gasteiger partial charge in [-0.1, -0.05) is 36.0 Å². The van der Waals surface area contributed by atoms with E-state index >= 15 is 0 Å². The maximum absolute atomic E-state index is 12.7. The summed E-state index contributed by atoms with van der Waals surface area (Å²) in [5.74, 6) is 1.56. The fourth-order valence-electron chi connectivity index (χ4n) is 4.20. The zero-order valence-corrected chi connectivity index (χ0v) is 16.6. The Morgan fingerprint density at radius 2 is 2.08 bits per heavy atom. The van der Waals surface area contributed by atoms with E-state index in [4.69, 9.17) is 0 Å². The maximum Gasteiger partial charge on any atom is 0.233 e. The number of benzene rings is 1. The van der Waals surface area contributed by atoms with Gasteiger partial charge in [-0.25, -0.2) is 0 Å². The Kier molecular flexibility index (Phi) is 4.55. The summed E-state index contributed by atoms with van der Waals surface area (Å²) in [6, 6.07) is 8.76. The first kappa shape index (κ1) is 17.6. The van der Waals surface area contributed by atoms with Crippen LogP contribution in [-0.2, 0) is 16.8 Å². The summed E-state index contributed by atoms with van der Waals surface area (Å²) in [6.45, 7) is 7.47. The minimum Gasteiger partial charge on any atom is -0.339 e. The molecule has 0 bridgehead atoms. The molecule has 6 heteroatoms. The smallest absolute Gasteiger partial charge is 0.233 e. The second-order valence-electron chi connectivity index (χ2n) is 8.01. The fourth-order valence-corrected chi connectivity index (χ4v) is 5.18. The quantitative estimate of drug-likeness (QED) is 0.773. The van der Waals surface area contributed by atoms with Crippen LogP contribution >= 0.6 is 11.8 Å². The highest BCUT2D eigenvalue weighted by Gasteiger charge is 2.34. The Morgan fingerprint density at radius 3 is 2.88 bits per heavy atom. The molecular formula is C20H26N4OS. The van der Waals surface area contributed by atoms with Gasteiger partial charge in [0.2, 0.25) is 5.91 Å². The molecule has 1 amide bonds. The molecule has 1 aromatic heterocycles. The van der Waals surface area contributed by atoms with Crippen LogP contribution in [0.15, 0.2) is 29.4 Å². The number of likely N-dealkylation sites (tertiary alicyclic amines) is 1. The number of amides is 1. The number of rotatable bonds is 3. The fraction of sp³-hybridized carbons (Fsp3) is 0.550. The third kappa shape index (κ3) is 3.04. The lowest BCUT2D eigenvalue weighted by molar-refractivity contribution is -0.131. The summed E-state index contributed by atoms with van der Waals surface area (Å²) in [7, 11) is 0.